The Kier molecular flexibility index (Phi) is 5.15. The third kappa shape index (κ3) is 4.29. The van der Waals surface area contributed by atoms with E-state index in [1.165, 1.54) is 4.90 Å². The van der Waals surface area contributed by atoms with Crippen LogP contribution in [0.5, 0.6) is 0 Å². The molecule has 1 aliphatic carbocycles. The molecule has 0 bridgehead atoms. The van der Waals surface area contributed by atoms with Gasteiger partial charge in [-0.15, -0.1) is 0 Å². The van der Waals surface area contributed by atoms with Crippen molar-refractivity contribution in [2.24, 2.45) is 5.92 Å². The van der Waals surface area contributed by atoms with Gasteiger partial charge in [-0.3, -0.25) is 16.1 Å². The minimum atomic E-state index is -2.74. The smallest absolute Gasteiger partial charge is 0.267 e. The minimum absolute atomic E-state index is 0.0160. The molecule has 7 heteroatoms. The van der Waals surface area contributed by atoms with Gasteiger partial charge in [-0.25, -0.2) is 8.78 Å². The molecule has 1 heterocycles. The molecule has 4 N–H and O–H groups in total. The van der Waals surface area contributed by atoms with Crippen LogP contribution < -0.4 is 10.6 Å². The summed E-state index contributed by atoms with van der Waals surface area (Å²) in [6.07, 6.45) is 9.78. The van der Waals surface area contributed by atoms with Gasteiger partial charge in [0.05, 0.1) is 12.6 Å². The predicted molar refractivity (Wildman–Crippen MR) is 83.3 cm³/mol. The average Bonchev–Trinajstić information content (AvgIpc) is 2.81. The quantitative estimate of drug-likeness (QED) is 0.477. The van der Waals surface area contributed by atoms with Crippen molar-refractivity contribution in [3.8, 4) is 0 Å². The molecule has 2 aliphatic rings. The van der Waals surface area contributed by atoms with Crippen LogP contribution in [0.15, 0.2) is 24.3 Å². The molecular weight excluding hydrogens is 288 g/mol. The maximum Gasteiger partial charge on any atom is 0.267 e. The Bertz CT molecular complexity index is 486. The highest BCUT2D eigenvalue weighted by molar-refractivity contribution is 5.96. The first-order valence-electron chi connectivity index (χ1n) is 7.60. The summed E-state index contributed by atoms with van der Waals surface area (Å²) in [5, 5.41) is 21.3. The maximum absolute atomic E-state index is 13.1. The lowest BCUT2D eigenvalue weighted by Crippen LogP contribution is -2.51. The molecular formula is C15H23F2N5. The zero-order valence-electron chi connectivity index (χ0n) is 12.7. The number of guanidine groups is 2. The number of nitrogens with one attached hydrogen (secondary N) is 4. The Morgan fingerprint density at radius 2 is 2.05 bits per heavy atom. The van der Waals surface area contributed by atoms with Crippen molar-refractivity contribution in [3.05, 3.63) is 24.3 Å². The van der Waals surface area contributed by atoms with Crippen molar-refractivity contribution in [2.45, 2.75) is 38.2 Å². The molecule has 0 aromatic carbocycles. The molecule has 0 radical (unpaired) electrons. The Morgan fingerprint density at radius 1 is 1.32 bits per heavy atom. The van der Waals surface area contributed by atoms with Crippen molar-refractivity contribution in [2.75, 3.05) is 13.1 Å². The average molecular weight is 311 g/mol. The maximum atomic E-state index is 13.1. The number of hydrogen-bond donors (Lipinski definition) is 4. The molecule has 0 amide bonds. The van der Waals surface area contributed by atoms with Crippen LogP contribution in [0, 0.1) is 16.7 Å². The van der Waals surface area contributed by atoms with Crippen molar-refractivity contribution < 1.29 is 8.78 Å². The van der Waals surface area contributed by atoms with Crippen molar-refractivity contribution in [1.29, 1.82) is 10.8 Å². The number of rotatable bonds is 3. The summed E-state index contributed by atoms with van der Waals surface area (Å²) >= 11 is 0. The van der Waals surface area contributed by atoms with Gasteiger partial charge in [0.15, 0.2) is 11.9 Å². The Morgan fingerprint density at radius 3 is 2.68 bits per heavy atom. The summed E-state index contributed by atoms with van der Waals surface area (Å²) in [5.74, 6) is -2.64. The second kappa shape index (κ2) is 6.89. The highest BCUT2D eigenvalue weighted by Gasteiger charge is 2.39. The van der Waals surface area contributed by atoms with E-state index < -0.39 is 12.5 Å². The first kappa shape index (κ1) is 16.5. The van der Waals surface area contributed by atoms with E-state index in [9.17, 15) is 8.78 Å². The zero-order valence-corrected chi connectivity index (χ0v) is 12.7. The molecule has 5 nitrogen and oxygen atoms in total. The van der Waals surface area contributed by atoms with Crippen LogP contribution in [0.4, 0.5) is 8.78 Å². The monoisotopic (exact) mass is 311 g/mol. The molecule has 1 fully saturated rings. The summed E-state index contributed by atoms with van der Waals surface area (Å²) in [4.78, 5) is 1.26. The minimum Gasteiger partial charge on any atom is -0.349 e. The van der Waals surface area contributed by atoms with E-state index in [1.807, 2.05) is 18.2 Å². The Hall–Kier alpha value is -1.92. The highest BCUT2D eigenvalue weighted by atomic mass is 19.3. The number of halogens is 2. The van der Waals surface area contributed by atoms with E-state index in [4.69, 9.17) is 10.8 Å². The van der Waals surface area contributed by atoms with Crippen molar-refractivity contribution >= 4 is 11.9 Å². The number of alkyl halides is 2. The number of allylic oxidation sites excluding steroid dienone is 2. The lowest BCUT2D eigenvalue weighted by Gasteiger charge is -2.27. The zero-order chi connectivity index (χ0) is 16.2. The van der Waals surface area contributed by atoms with Gasteiger partial charge in [0, 0.05) is 18.9 Å². The fraction of sp³-hybridized carbons (Fsp3) is 0.600. The van der Waals surface area contributed by atoms with Gasteiger partial charge in [-0.05, 0) is 6.42 Å². The molecule has 0 saturated carbocycles. The number of likely N-dealkylation sites (tertiary alicyclic amines) is 1. The second-order valence-corrected chi connectivity index (χ2v) is 5.77. The van der Waals surface area contributed by atoms with E-state index in [2.05, 4.69) is 23.6 Å². The van der Waals surface area contributed by atoms with Crippen LogP contribution in [0.3, 0.4) is 0 Å². The van der Waals surface area contributed by atoms with Gasteiger partial charge in [0.2, 0.25) is 0 Å². The SMILES string of the molecule is CCCC1C=CC=CC1NC(=N)NC(=N)N1CCC(F)(F)C1. The largest absolute Gasteiger partial charge is 0.349 e. The van der Waals surface area contributed by atoms with Crippen LogP contribution in [0.1, 0.15) is 26.2 Å². The Balaban J connectivity index is 1.83. The van der Waals surface area contributed by atoms with E-state index in [-0.39, 0.29) is 30.9 Å². The third-order valence-corrected chi connectivity index (χ3v) is 3.91. The molecule has 0 spiro atoms. The van der Waals surface area contributed by atoms with Gasteiger partial charge in [-0.2, -0.15) is 0 Å². The highest BCUT2D eigenvalue weighted by Crippen LogP contribution is 2.26. The van der Waals surface area contributed by atoms with Gasteiger partial charge >= 0.3 is 0 Å². The van der Waals surface area contributed by atoms with Crippen molar-refractivity contribution in [3.63, 3.8) is 0 Å². The topological polar surface area (TPSA) is 75.0 Å². The lowest BCUT2D eigenvalue weighted by molar-refractivity contribution is 0.0173. The van der Waals surface area contributed by atoms with Crippen LogP contribution in [0.25, 0.3) is 0 Å². The summed E-state index contributed by atoms with van der Waals surface area (Å²) < 4.78 is 26.3. The normalized spacial score (nSPS) is 26.0. The first-order valence-corrected chi connectivity index (χ1v) is 7.60. The molecule has 1 saturated heterocycles. The van der Waals surface area contributed by atoms with E-state index in [0.717, 1.165) is 12.8 Å². The Labute approximate surface area is 129 Å². The molecule has 2 unspecified atom stereocenters. The standard InChI is InChI=1S/C15H23F2N5/c1-2-5-11-6-3-4-7-12(11)20-13(18)21-14(19)22-9-8-15(16,17)10-22/h3-4,6-7,11-12H,2,5,8-10H2,1H3,(H4,18,19,20,21). The van der Waals surface area contributed by atoms with E-state index >= 15 is 0 Å². The summed E-state index contributed by atoms with van der Waals surface area (Å²) in [6, 6.07) is -0.0160. The molecule has 0 aromatic rings. The molecule has 2 rings (SSSR count). The molecule has 122 valence electrons. The van der Waals surface area contributed by atoms with Crippen LogP contribution >= 0.6 is 0 Å². The lowest BCUT2D eigenvalue weighted by atomic mass is 9.91. The molecule has 1 aliphatic heterocycles. The van der Waals surface area contributed by atoms with E-state index in [1.54, 1.807) is 0 Å². The first-order chi connectivity index (χ1) is 10.4. The summed E-state index contributed by atoms with van der Waals surface area (Å²) in [7, 11) is 0. The summed E-state index contributed by atoms with van der Waals surface area (Å²) in [5.41, 5.74) is 0. The molecule has 0 aromatic heterocycles. The van der Waals surface area contributed by atoms with Gasteiger partial charge in [0.1, 0.15) is 0 Å². The fourth-order valence-corrected chi connectivity index (χ4v) is 2.74. The van der Waals surface area contributed by atoms with Crippen LogP contribution in [-0.2, 0) is 0 Å². The molecule has 22 heavy (non-hydrogen) atoms. The summed E-state index contributed by atoms with van der Waals surface area (Å²) in [6.45, 7) is 1.78. The predicted octanol–water partition coefficient (Wildman–Crippen LogP) is 2.29. The second-order valence-electron chi connectivity index (χ2n) is 5.77. The third-order valence-electron chi connectivity index (χ3n) is 3.91. The van der Waals surface area contributed by atoms with Gasteiger partial charge in [0.25, 0.3) is 5.92 Å². The van der Waals surface area contributed by atoms with Crippen LogP contribution in [-0.4, -0.2) is 41.9 Å². The molecule has 2 atom stereocenters. The van der Waals surface area contributed by atoms with Gasteiger partial charge in [-0.1, -0.05) is 37.6 Å². The number of nitrogens with zero attached hydrogens (tertiary/aromatic N) is 1. The number of hydrogen-bond acceptors (Lipinski definition) is 2. The fourth-order valence-electron chi connectivity index (χ4n) is 2.74. The van der Waals surface area contributed by atoms with Crippen molar-refractivity contribution in [1.82, 2.24) is 15.5 Å². The van der Waals surface area contributed by atoms with Gasteiger partial charge < -0.3 is 10.2 Å². The van der Waals surface area contributed by atoms with Crippen LogP contribution in [0.2, 0.25) is 0 Å². The van der Waals surface area contributed by atoms with E-state index in [0.29, 0.717) is 5.92 Å².